The molecular formula is C41H44Si. The summed E-state index contributed by atoms with van der Waals surface area (Å²) in [4.78, 5) is 0. The van der Waals surface area contributed by atoms with Gasteiger partial charge in [-0.1, -0.05) is 160 Å². The van der Waals surface area contributed by atoms with E-state index in [2.05, 4.69) is 117 Å². The highest BCUT2D eigenvalue weighted by atomic mass is 28.3. The highest BCUT2D eigenvalue weighted by molar-refractivity contribution is 6.94. The molecule has 0 aromatic heterocycles. The van der Waals surface area contributed by atoms with Gasteiger partial charge in [0.05, 0.1) is 0 Å². The molecule has 4 aromatic carbocycles. The van der Waals surface area contributed by atoms with E-state index in [0.29, 0.717) is 0 Å². The van der Waals surface area contributed by atoms with E-state index in [4.69, 9.17) is 0 Å². The van der Waals surface area contributed by atoms with Crippen LogP contribution >= 0.6 is 0 Å². The Morgan fingerprint density at radius 2 is 1.00 bits per heavy atom. The fraction of sp³-hybridized carbons (Fsp3) is 0.317. The first kappa shape index (κ1) is 27.4. The maximum atomic E-state index is 2.76. The molecule has 0 bridgehead atoms. The van der Waals surface area contributed by atoms with Crippen LogP contribution in [0.15, 0.2) is 95.3 Å². The van der Waals surface area contributed by atoms with Crippen LogP contribution in [0.3, 0.4) is 0 Å². The Morgan fingerprint density at radius 3 is 1.48 bits per heavy atom. The summed E-state index contributed by atoms with van der Waals surface area (Å²) in [5.41, 5.74) is 15.5. The zero-order valence-electron chi connectivity index (χ0n) is 25.7. The van der Waals surface area contributed by atoms with Crippen molar-refractivity contribution in [2.45, 2.75) is 83.7 Å². The first-order valence-electron chi connectivity index (χ1n) is 16.4. The molecule has 3 aliphatic carbocycles. The Kier molecular flexibility index (Phi) is 7.40. The van der Waals surface area contributed by atoms with E-state index < -0.39 is 8.07 Å². The minimum absolute atomic E-state index is 0.838. The second-order valence-electron chi connectivity index (χ2n) is 13.0. The lowest BCUT2D eigenvalue weighted by Gasteiger charge is -2.41. The van der Waals surface area contributed by atoms with E-state index in [1.807, 2.05) is 0 Å². The predicted octanol–water partition coefficient (Wildman–Crippen LogP) is 11.2. The molecule has 0 heterocycles. The van der Waals surface area contributed by atoms with E-state index in [9.17, 15) is 0 Å². The van der Waals surface area contributed by atoms with Crippen LogP contribution in [0.5, 0.6) is 0 Å². The van der Waals surface area contributed by atoms with Gasteiger partial charge in [-0.05, 0) is 86.9 Å². The number of allylic oxidation sites excluding steroid dienone is 2. The van der Waals surface area contributed by atoms with Gasteiger partial charge in [0.15, 0.2) is 0 Å². The third-order valence-corrected chi connectivity index (χ3v) is 16.4. The average Bonchev–Trinajstić information content (AvgIpc) is 3.70. The van der Waals surface area contributed by atoms with Gasteiger partial charge in [-0.3, -0.25) is 0 Å². The van der Waals surface area contributed by atoms with Gasteiger partial charge in [-0.15, -0.1) is 0 Å². The summed E-state index contributed by atoms with van der Waals surface area (Å²) < 4.78 is 0. The molecule has 0 aliphatic heterocycles. The Bertz CT molecular complexity index is 1580. The molecule has 0 unspecified atom stereocenters. The second kappa shape index (κ2) is 11.3. The van der Waals surface area contributed by atoms with Crippen LogP contribution < -0.4 is 0 Å². The summed E-state index contributed by atoms with van der Waals surface area (Å²) in [5.74, 6) is 0. The molecule has 0 radical (unpaired) electrons. The summed E-state index contributed by atoms with van der Waals surface area (Å²) >= 11 is 0. The van der Waals surface area contributed by atoms with Crippen LogP contribution in [-0.4, -0.2) is 8.07 Å². The number of rotatable bonds is 7. The molecule has 1 heteroatoms. The fourth-order valence-electron chi connectivity index (χ4n) is 8.47. The molecule has 1 fully saturated rings. The van der Waals surface area contributed by atoms with E-state index in [1.54, 1.807) is 10.4 Å². The van der Waals surface area contributed by atoms with Gasteiger partial charge in [0.1, 0.15) is 8.07 Å². The zero-order chi connectivity index (χ0) is 28.7. The smallest absolute Gasteiger partial charge is 0.0709 e. The molecule has 3 aliphatic rings. The molecule has 0 amide bonds. The summed E-state index contributed by atoms with van der Waals surface area (Å²) in [6.45, 7) is 7.33. The van der Waals surface area contributed by atoms with Gasteiger partial charge in [0.2, 0.25) is 0 Å². The van der Waals surface area contributed by atoms with Crippen molar-refractivity contribution in [3.05, 3.63) is 129 Å². The molecule has 212 valence electrons. The molecule has 4 aromatic rings. The van der Waals surface area contributed by atoms with Gasteiger partial charge in [-0.2, -0.15) is 0 Å². The summed E-state index contributed by atoms with van der Waals surface area (Å²) in [7, 11) is -1.95. The molecular weight excluding hydrogens is 521 g/mol. The van der Waals surface area contributed by atoms with E-state index in [0.717, 1.165) is 31.2 Å². The SMILES string of the molecule is CCc1ccccc1-c1cccc2c1C=C([Si](C)(C1=Cc3c(cccc3-c3ccccc3CC)C1)C1CCCCC1)C2. The molecule has 7 rings (SSSR count). The molecule has 0 nitrogen and oxygen atoms in total. The average molecular weight is 565 g/mol. The van der Waals surface area contributed by atoms with E-state index in [-0.39, 0.29) is 0 Å². The van der Waals surface area contributed by atoms with Crippen molar-refractivity contribution in [2.24, 2.45) is 0 Å². The van der Waals surface area contributed by atoms with Crippen molar-refractivity contribution in [1.29, 1.82) is 0 Å². The summed E-state index contributed by atoms with van der Waals surface area (Å²) in [5, 5.41) is 3.56. The Balaban J connectivity index is 1.35. The van der Waals surface area contributed by atoms with Crippen LogP contribution in [0.25, 0.3) is 34.4 Å². The molecule has 0 saturated heterocycles. The standard InChI is InChI=1S/C41H44Si/c1-4-29-15-9-11-21-36(29)38-23-13-17-31-25-34(27-40(31)38)42(3,33-19-7-6-8-20-33)35-26-32-18-14-24-39(41(32)28-35)37-22-12-10-16-30(37)5-2/h9-18,21-24,27-28,33H,4-8,19-20,25-26H2,1-3H3. The Hall–Kier alpha value is -3.42. The van der Waals surface area contributed by atoms with Gasteiger partial charge < -0.3 is 0 Å². The predicted molar refractivity (Wildman–Crippen MR) is 184 cm³/mol. The number of hydrogen-bond acceptors (Lipinski definition) is 0. The normalized spacial score (nSPS) is 16.6. The molecule has 0 N–H and O–H groups in total. The topological polar surface area (TPSA) is 0 Å². The van der Waals surface area contributed by atoms with Crippen molar-refractivity contribution >= 4 is 20.2 Å². The third kappa shape index (κ3) is 4.58. The second-order valence-corrected chi connectivity index (χ2v) is 17.5. The highest BCUT2D eigenvalue weighted by Crippen LogP contribution is 2.51. The maximum Gasteiger partial charge on any atom is 0.109 e. The minimum Gasteiger partial charge on any atom is -0.0709 e. The Labute approximate surface area is 254 Å². The van der Waals surface area contributed by atoms with E-state index in [1.165, 1.54) is 87.7 Å². The number of aryl methyl sites for hydroxylation is 2. The zero-order valence-corrected chi connectivity index (χ0v) is 26.7. The van der Waals surface area contributed by atoms with Crippen molar-refractivity contribution in [3.8, 4) is 22.3 Å². The fourth-order valence-corrected chi connectivity index (χ4v) is 13.5. The third-order valence-electron chi connectivity index (χ3n) is 10.9. The van der Waals surface area contributed by atoms with Crippen LogP contribution in [0.2, 0.25) is 12.1 Å². The largest absolute Gasteiger partial charge is 0.109 e. The van der Waals surface area contributed by atoms with Crippen molar-refractivity contribution < 1.29 is 0 Å². The van der Waals surface area contributed by atoms with Crippen LogP contribution in [0.4, 0.5) is 0 Å². The number of fused-ring (bicyclic) bond motifs is 2. The van der Waals surface area contributed by atoms with E-state index >= 15 is 0 Å². The quantitative estimate of drug-likeness (QED) is 0.196. The lowest BCUT2D eigenvalue weighted by atomic mass is 9.93. The molecule has 1 saturated carbocycles. The minimum atomic E-state index is -1.95. The summed E-state index contributed by atoms with van der Waals surface area (Å²) in [6, 6.07) is 32.3. The maximum absolute atomic E-state index is 2.76. The molecule has 42 heavy (non-hydrogen) atoms. The lowest BCUT2D eigenvalue weighted by Crippen LogP contribution is -2.43. The van der Waals surface area contributed by atoms with Gasteiger partial charge in [-0.25, -0.2) is 0 Å². The van der Waals surface area contributed by atoms with Gasteiger partial charge >= 0.3 is 0 Å². The van der Waals surface area contributed by atoms with Crippen LogP contribution in [-0.2, 0) is 25.7 Å². The first-order valence-corrected chi connectivity index (χ1v) is 19.0. The van der Waals surface area contributed by atoms with Crippen molar-refractivity contribution in [3.63, 3.8) is 0 Å². The van der Waals surface area contributed by atoms with Crippen molar-refractivity contribution in [1.82, 2.24) is 0 Å². The number of hydrogen-bond donors (Lipinski definition) is 0. The Morgan fingerprint density at radius 1 is 0.548 bits per heavy atom. The first-order chi connectivity index (χ1) is 20.6. The van der Waals surface area contributed by atoms with Crippen LogP contribution in [0, 0.1) is 0 Å². The molecule has 0 spiro atoms. The van der Waals surface area contributed by atoms with Gasteiger partial charge in [0, 0.05) is 0 Å². The number of benzene rings is 4. The highest BCUT2D eigenvalue weighted by Gasteiger charge is 2.46. The van der Waals surface area contributed by atoms with Gasteiger partial charge in [0.25, 0.3) is 0 Å². The summed E-state index contributed by atoms with van der Waals surface area (Å²) in [6.07, 6.45) is 16.8. The van der Waals surface area contributed by atoms with Crippen LogP contribution in [0.1, 0.15) is 79.3 Å². The molecule has 0 atom stereocenters. The van der Waals surface area contributed by atoms with Crippen molar-refractivity contribution in [2.75, 3.05) is 0 Å². The lowest BCUT2D eigenvalue weighted by molar-refractivity contribution is 0.493. The monoisotopic (exact) mass is 564 g/mol.